The van der Waals surface area contributed by atoms with E-state index in [4.69, 9.17) is 34.2 Å². The first kappa shape index (κ1) is 12.5. The maximum Gasteiger partial charge on any atom is 0.0992 e. The van der Waals surface area contributed by atoms with Gasteiger partial charge in [0.05, 0.1) is 44.9 Å². The number of anilines is 3. The average molecular weight is 279 g/mol. The molecular formula is C12H8Cl2N4. The van der Waals surface area contributed by atoms with Gasteiger partial charge in [-0.05, 0) is 18.2 Å². The Kier molecular flexibility index (Phi) is 3.56. The van der Waals surface area contributed by atoms with Crippen LogP contribution in [0, 0.1) is 11.3 Å². The molecule has 0 saturated carbocycles. The largest absolute Gasteiger partial charge is 0.396 e. The quantitative estimate of drug-likeness (QED) is 0.880. The van der Waals surface area contributed by atoms with Crippen molar-refractivity contribution in [3.63, 3.8) is 0 Å². The summed E-state index contributed by atoms with van der Waals surface area (Å²) >= 11 is 12.0. The van der Waals surface area contributed by atoms with Crippen LogP contribution >= 0.6 is 23.2 Å². The highest BCUT2D eigenvalue weighted by Gasteiger charge is 2.08. The zero-order chi connectivity index (χ0) is 13.1. The fourth-order valence-electron chi connectivity index (χ4n) is 1.41. The standard InChI is InChI=1S/C12H8Cl2N4/c13-8-2-1-7(4-15)3-11(8)18-12-9(14)5-17-6-10(12)16/h1-3,5-6H,16H2,(H,17,18). The highest BCUT2D eigenvalue weighted by Crippen LogP contribution is 2.33. The lowest BCUT2D eigenvalue weighted by Gasteiger charge is -2.12. The smallest absolute Gasteiger partial charge is 0.0992 e. The molecule has 90 valence electrons. The predicted octanol–water partition coefficient (Wildman–Crippen LogP) is 3.59. The van der Waals surface area contributed by atoms with E-state index in [2.05, 4.69) is 10.3 Å². The second-order valence-electron chi connectivity index (χ2n) is 3.52. The summed E-state index contributed by atoms with van der Waals surface area (Å²) in [6.07, 6.45) is 2.96. The molecule has 0 radical (unpaired) electrons. The number of nitrogens with one attached hydrogen (secondary N) is 1. The Hall–Kier alpha value is -1.96. The van der Waals surface area contributed by atoms with Crippen molar-refractivity contribution in [3.05, 3.63) is 46.2 Å². The second kappa shape index (κ2) is 5.13. The number of hydrogen-bond donors (Lipinski definition) is 2. The number of nitrogens with two attached hydrogens (primary N) is 1. The van der Waals surface area contributed by atoms with Crippen molar-refractivity contribution >= 4 is 40.3 Å². The number of aromatic nitrogens is 1. The molecule has 4 nitrogen and oxygen atoms in total. The van der Waals surface area contributed by atoms with Crippen molar-refractivity contribution in [2.24, 2.45) is 0 Å². The molecule has 0 aliphatic heterocycles. The Balaban J connectivity index is 2.43. The lowest BCUT2D eigenvalue weighted by Crippen LogP contribution is -1.99. The molecule has 6 heteroatoms. The zero-order valence-corrected chi connectivity index (χ0v) is 10.6. The van der Waals surface area contributed by atoms with E-state index in [0.717, 1.165) is 0 Å². The van der Waals surface area contributed by atoms with E-state index < -0.39 is 0 Å². The summed E-state index contributed by atoms with van der Waals surface area (Å²) in [6.45, 7) is 0. The predicted molar refractivity (Wildman–Crippen MR) is 73.1 cm³/mol. The summed E-state index contributed by atoms with van der Waals surface area (Å²) in [5.41, 5.74) is 7.75. The molecule has 2 rings (SSSR count). The molecule has 1 aromatic carbocycles. The van der Waals surface area contributed by atoms with Gasteiger partial charge in [0.15, 0.2) is 0 Å². The molecule has 0 bridgehead atoms. The number of nitrogens with zero attached hydrogens (tertiary/aromatic N) is 2. The maximum atomic E-state index is 8.85. The summed E-state index contributed by atoms with van der Waals surface area (Å²) in [6, 6.07) is 6.92. The highest BCUT2D eigenvalue weighted by atomic mass is 35.5. The van der Waals surface area contributed by atoms with E-state index in [1.54, 1.807) is 18.2 Å². The molecule has 0 spiro atoms. The van der Waals surface area contributed by atoms with Crippen LogP contribution in [0.1, 0.15) is 5.56 Å². The van der Waals surface area contributed by atoms with Gasteiger partial charge in [-0.3, -0.25) is 4.98 Å². The molecule has 2 aromatic rings. The van der Waals surface area contributed by atoms with Gasteiger partial charge >= 0.3 is 0 Å². The Labute approximate surface area is 114 Å². The molecule has 0 fully saturated rings. The van der Waals surface area contributed by atoms with Gasteiger partial charge in [-0.2, -0.15) is 5.26 Å². The number of halogens is 2. The lowest BCUT2D eigenvalue weighted by molar-refractivity contribution is 1.33. The molecule has 0 atom stereocenters. The number of nitrogen functional groups attached to an aromatic ring is 1. The van der Waals surface area contributed by atoms with Crippen LogP contribution in [0.2, 0.25) is 10.0 Å². The van der Waals surface area contributed by atoms with Gasteiger partial charge in [-0.1, -0.05) is 23.2 Å². The summed E-state index contributed by atoms with van der Waals surface area (Å²) in [5, 5.41) is 12.7. The summed E-state index contributed by atoms with van der Waals surface area (Å²) in [5.74, 6) is 0. The Morgan fingerprint density at radius 3 is 2.67 bits per heavy atom. The molecule has 0 aliphatic rings. The van der Waals surface area contributed by atoms with Crippen molar-refractivity contribution in [2.75, 3.05) is 11.1 Å². The van der Waals surface area contributed by atoms with E-state index in [0.29, 0.717) is 32.7 Å². The first-order chi connectivity index (χ1) is 8.61. The minimum atomic E-state index is 0.383. The molecule has 0 unspecified atom stereocenters. The van der Waals surface area contributed by atoms with Crippen LogP contribution in [0.3, 0.4) is 0 Å². The third-order valence-electron chi connectivity index (χ3n) is 2.28. The van der Waals surface area contributed by atoms with Gasteiger partial charge in [0.1, 0.15) is 0 Å². The molecule has 0 aliphatic carbocycles. The lowest BCUT2D eigenvalue weighted by atomic mass is 10.2. The van der Waals surface area contributed by atoms with Crippen LogP contribution in [0.25, 0.3) is 0 Å². The van der Waals surface area contributed by atoms with Crippen LogP contribution in [0.15, 0.2) is 30.6 Å². The minimum Gasteiger partial charge on any atom is -0.396 e. The van der Waals surface area contributed by atoms with Crippen LogP contribution in [0.5, 0.6) is 0 Å². The van der Waals surface area contributed by atoms with Crippen LogP contribution in [-0.4, -0.2) is 4.98 Å². The molecule has 1 heterocycles. The monoisotopic (exact) mass is 278 g/mol. The van der Waals surface area contributed by atoms with E-state index in [1.807, 2.05) is 6.07 Å². The number of nitriles is 1. The number of rotatable bonds is 2. The van der Waals surface area contributed by atoms with Crippen LogP contribution in [0.4, 0.5) is 17.1 Å². The SMILES string of the molecule is N#Cc1ccc(Cl)c(Nc2c(N)cncc2Cl)c1. The van der Waals surface area contributed by atoms with Gasteiger partial charge in [0.25, 0.3) is 0 Å². The van der Waals surface area contributed by atoms with Crippen molar-refractivity contribution in [3.8, 4) is 6.07 Å². The third kappa shape index (κ3) is 2.48. The van der Waals surface area contributed by atoms with Crippen molar-refractivity contribution in [1.29, 1.82) is 5.26 Å². The normalized spacial score (nSPS) is 9.83. The number of benzene rings is 1. The summed E-state index contributed by atoms with van der Waals surface area (Å²) in [4.78, 5) is 3.86. The van der Waals surface area contributed by atoms with E-state index in [9.17, 15) is 0 Å². The second-order valence-corrected chi connectivity index (χ2v) is 4.33. The van der Waals surface area contributed by atoms with Gasteiger partial charge in [0.2, 0.25) is 0 Å². The Bertz CT molecular complexity index is 614. The summed E-state index contributed by atoms with van der Waals surface area (Å²) in [7, 11) is 0. The fraction of sp³-hybridized carbons (Fsp3) is 0. The van der Waals surface area contributed by atoms with Crippen LogP contribution in [-0.2, 0) is 0 Å². The zero-order valence-electron chi connectivity index (χ0n) is 9.11. The van der Waals surface area contributed by atoms with E-state index >= 15 is 0 Å². The topological polar surface area (TPSA) is 74.7 Å². The first-order valence-electron chi connectivity index (χ1n) is 4.97. The van der Waals surface area contributed by atoms with Gasteiger partial charge in [0, 0.05) is 6.20 Å². The highest BCUT2D eigenvalue weighted by molar-refractivity contribution is 6.35. The van der Waals surface area contributed by atoms with Crippen molar-refractivity contribution < 1.29 is 0 Å². The Morgan fingerprint density at radius 2 is 2.00 bits per heavy atom. The molecule has 0 saturated heterocycles. The molecule has 3 N–H and O–H groups in total. The van der Waals surface area contributed by atoms with Crippen LogP contribution < -0.4 is 11.1 Å². The van der Waals surface area contributed by atoms with Gasteiger partial charge in [-0.15, -0.1) is 0 Å². The first-order valence-corrected chi connectivity index (χ1v) is 5.73. The molecule has 0 amide bonds. The minimum absolute atomic E-state index is 0.383. The van der Waals surface area contributed by atoms with E-state index in [-0.39, 0.29) is 0 Å². The molecular weight excluding hydrogens is 271 g/mol. The maximum absolute atomic E-state index is 8.85. The summed E-state index contributed by atoms with van der Waals surface area (Å²) < 4.78 is 0. The number of pyridine rings is 1. The number of hydrogen-bond acceptors (Lipinski definition) is 4. The van der Waals surface area contributed by atoms with Crippen molar-refractivity contribution in [2.45, 2.75) is 0 Å². The average Bonchev–Trinajstić information content (AvgIpc) is 2.36. The molecule has 18 heavy (non-hydrogen) atoms. The van der Waals surface area contributed by atoms with E-state index in [1.165, 1.54) is 12.4 Å². The third-order valence-corrected chi connectivity index (χ3v) is 2.90. The molecule has 1 aromatic heterocycles. The van der Waals surface area contributed by atoms with Gasteiger partial charge < -0.3 is 11.1 Å². The fourth-order valence-corrected chi connectivity index (χ4v) is 1.78. The van der Waals surface area contributed by atoms with Gasteiger partial charge in [-0.25, -0.2) is 0 Å². The van der Waals surface area contributed by atoms with Crippen molar-refractivity contribution in [1.82, 2.24) is 4.98 Å². The Morgan fingerprint density at radius 1 is 1.22 bits per heavy atom.